The molecule has 2 aromatic carbocycles. The fourth-order valence-corrected chi connectivity index (χ4v) is 2.36. The van der Waals surface area contributed by atoms with Crippen molar-refractivity contribution in [1.82, 2.24) is 0 Å². The maximum atomic E-state index is 13.1. The predicted octanol–water partition coefficient (Wildman–Crippen LogP) is 6.38. The summed E-state index contributed by atoms with van der Waals surface area (Å²) in [5, 5.41) is 8.24. The van der Waals surface area contributed by atoms with Crippen molar-refractivity contribution in [3.8, 4) is 0 Å². The van der Waals surface area contributed by atoms with Crippen LogP contribution in [0, 0.1) is 5.82 Å². The molecule has 4 nitrogen and oxygen atoms in total. The number of rotatable bonds is 5. The molecule has 0 heterocycles. The van der Waals surface area contributed by atoms with Crippen LogP contribution in [0.3, 0.4) is 0 Å². The summed E-state index contributed by atoms with van der Waals surface area (Å²) >= 11 is 11.6. The van der Waals surface area contributed by atoms with Crippen LogP contribution < -0.4 is 0 Å². The zero-order valence-electron chi connectivity index (χ0n) is 15.7. The topological polar surface area (TPSA) is 43.2 Å². The monoisotopic (exact) mass is 452 g/mol. The van der Waals surface area contributed by atoms with E-state index in [1.165, 1.54) is 21.1 Å². The molecule has 158 valence electrons. The van der Waals surface area contributed by atoms with E-state index in [0.29, 0.717) is 28.2 Å². The van der Waals surface area contributed by atoms with Crippen molar-refractivity contribution in [3.63, 3.8) is 0 Å². The van der Waals surface area contributed by atoms with Crippen LogP contribution in [0.4, 0.5) is 17.6 Å². The van der Waals surface area contributed by atoms with E-state index in [1.54, 1.807) is 12.3 Å². The van der Waals surface area contributed by atoms with Crippen molar-refractivity contribution in [2.45, 2.75) is 19.5 Å². The largest absolute Gasteiger partial charge is 0.419 e. The highest BCUT2D eigenvalue weighted by atomic mass is 35.5. The molecule has 0 aromatic heterocycles. The van der Waals surface area contributed by atoms with E-state index in [-0.39, 0.29) is 5.56 Å². The minimum absolute atomic E-state index is 0.243. The second kappa shape index (κ2) is 11.6. The number of alkyl halides is 3. The molecule has 10 heteroatoms. The Labute approximate surface area is 175 Å². The van der Waals surface area contributed by atoms with Gasteiger partial charge in [-0.3, -0.25) is 0 Å². The van der Waals surface area contributed by atoms with E-state index < -0.39 is 17.6 Å². The number of benzene rings is 2. The van der Waals surface area contributed by atoms with Gasteiger partial charge in [-0.25, -0.2) is 4.39 Å². The Morgan fingerprint density at radius 3 is 2.24 bits per heavy atom. The van der Waals surface area contributed by atoms with Crippen LogP contribution in [0.1, 0.15) is 23.6 Å². The Hall–Kier alpha value is -2.32. The lowest BCUT2D eigenvalue weighted by atomic mass is 10.1. The molecular weight excluding hydrogens is 435 g/mol. The number of hydrogen-bond acceptors (Lipinski definition) is 4. The molecule has 0 amide bonds. The number of halogens is 6. The van der Waals surface area contributed by atoms with Crippen molar-refractivity contribution >= 4 is 35.1 Å². The summed E-state index contributed by atoms with van der Waals surface area (Å²) in [6, 6.07) is 8.07. The molecule has 29 heavy (non-hydrogen) atoms. The third kappa shape index (κ3) is 8.29. The molecule has 0 bridgehead atoms. The second-order valence-corrected chi connectivity index (χ2v) is 6.29. The minimum atomic E-state index is -4.69. The first-order valence-electron chi connectivity index (χ1n) is 8.04. The van der Waals surface area contributed by atoms with Crippen LogP contribution in [-0.4, -0.2) is 26.1 Å². The van der Waals surface area contributed by atoms with Crippen LogP contribution >= 0.6 is 23.2 Å². The van der Waals surface area contributed by atoms with E-state index in [9.17, 15) is 17.6 Å². The maximum absolute atomic E-state index is 13.1. The highest BCUT2D eigenvalue weighted by molar-refractivity contribution is 6.42. The Bertz CT molecular complexity index is 872. The zero-order chi connectivity index (χ0) is 22.0. The zero-order valence-corrected chi connectivity index (χ0v) is 17.2. The summed E-state index contributed by atoms with van der Waals surface area (Å²) in [6.07, 6.45) is -2.33. The quantitative estimate of drug-likeness (QED) is 0.300. The van der Waals surface area contributed by atoms with Gasteiger partial charge < -0.3 is 9.68 Å². The summed E-state index contributed by atoms with van der Waals surface area (Å²) < 4.78 is 49.8. The second-order valence-electron chi connectivity index (χ2n) is 5.47. The predicted molar refractivity (Wildman–Crippen MR) is 106 cm³/mol. The van der Waals surface area contributed by atoms with Crippen LogP contribution in [0.15, 0.2) is 46.7 Å². The molecule has 0 unspecified atom stereocenters. The smallest absolute Gasteiger partial charge is 0.399 e. The van der Waals surface area contributed by atoms with Crippen molar-refractivity contribution in [1.29, 1.82) is 0 Å². The van der Waals surface area contributed by atoms with Gasteiger partial charge in [-0.1, -0.05) is 45.6 Å². The summed E-state index contributed by atoms with van der Waals surface area (Å²) in [5.41, 5.74) is 0.305. The molecule has 0 N–H and O–H groups in total. The summed E-state index contributed by atoms with van der Waals surface area (Å²) in [4.78, 5) is 8.97. The Balaban J connectivity index is 0.000000296. The molecule has 0 spiro atoms. The van der Waals surface area contributed by atoms with Crippen LogP contribution in [0.5, 0.6) is 0 Å². The van der Waals surface area contributed by atoms with Gasteiger partial charge in [0.05, 0.1) is 21.3 Å². The molecular formula is C19H18Cl2F4N2O2. The van der Waals surface area contributed by atoms with E-state index in [4.69, 9.17) is 23.2 Å². The molecule has 0 saturated carbocycles. The van der Waals surface area contributed by atoms with Gasteiger partial charge in [0.1, 0.15) is 20.0 Å². The Morgan fingerprint density at radius 2 is 1.72 bits per heavy atom. The van der Waals surface area contributed by atoms with Gasteiger partial charge in [0.25, 0.3) is 0 Å². The molecule has 0 atom stereocenters. The lowest BCUT2D eigenvalue weighted by Gasteiger charge is -2.08. The van der Waals surface area contributed by atoms with Crippen LogP contribution in [-0.2, 0) is 22.3 Å². The molecule has 0 radical (unpaired) electrons. The number of oxime groups is 2. The lowest BCUT2D eigenvalue weighted by Crippen LogP contribution is -2.09. The first kappa shape index (κ1) is 24.7. The van der Waals surface area contributed by atoms with Gasteiger partial charge in [-0.05, 0) is 36.8 Å². The standard InChI is InChI=1S/C10H9F4NO.C9H9Cl2NO/c1-6(15-16-2)7-3-4-8(9(11)5-7)10(12,13)14;1-13-12-5-4-7-2-3-8(10)9(11)6-7/h3-5H,1-2H3;2-3,5-6H,4H2,1H3. The first-order chi connectivity index (χ1) is 13.6. The highest BCUT2D eigenvalue weighted by Crippen LogP contribution is 2.31. The summed E-state index contributed by atoms with van der Waals surface area (Å²) in [5.74, 6) is -1.32. The van der Waals surface area contributed by atoms with E-state index >= 15 is 0 Å². The van der Waals surface area contributed by atoms with E-state index in [1.807, 2.05) is 12.1 Å². The molecule has 0 saturated heterocycles. The normalized spacial score (nSPS) is 11.8. The lowest BCUT2D eigenvalue weighted by molar-refractivity contribution is -0.140. The molecule has 2 aromatic rings. The number of hydrogen-bond donors (Lipinski definition) is 0. The summed E-state index contributed by atoms with van der Waals surface area (Å²) in [6.45, 7) is 1.51. The van der Waals surface area contributed by atoms with Crippen LogP contribution in [0.25, 0.3) is 0 Å². The third-order valence-electron chi connectivity index (χ3n) is 3.41. The summed E-state index contributed by atoms with van der Waals surface area (Å²) in [7, 11) is 2.80. The third-order valence-corrected chi connectivity index (χ3v) is 4.15. The minimum Gasteiger partial charge on any atom is -0.399 e. The van der Waals surface area contributed by atoms with Gasteiger partial charge in [-0.2, -0.15) is 13.2 Å². The molecule has 0 aliphatic rings. The highest BCUT2D eigenvalue weighted by Gasteiger charge is 2.33. The number of nitrogens with zero attached hydrogens (tertiary/aromatic N) is 2. The van der Waals surface area contributed by atoms with Crippen LogP contribution in [0.2, 0.25) is 10.0 Å². The Kier molecular flexibility index (Phi) is 9.91. The average Bonchev–Trinajstić information content (AvgIpc) is 2.64. The average molecular weight is 453 g/mol. The van der Waals surface area contributed by atoms with Gasteiger partial charge in [-0.15, -0.1) is 0 Å². The molecule has 0 fully saturated rings. The molecule has 2 rings (SSSR count). The van der Waals surface area contributed by atoms with Crippen molar-refractivity contribution in [3.05, 3.63) is 69.0 Å². The Morgan fingerprint density at radius 1 is 1.03 bits per heavy atom. The van der Waals surface area contributed by atoms with E-state index in [2.05, 4.69) is 20.0 Å². The van der Waals surface area contributed by atoms with Gasteiger partial charge in [0.2, 0.25) is 0 Å². The van der Waals surface area contributed by atoms with Gasteiger partial charge in [0.15, 0.2) is 0 Å². The van der Waals surface area contributed by atoms with Crippen molar-refractivity contribution in [2.75, 3.05) is 14.2 Å². The molecule has 0 aliphatic carbocycles. The first-order valence-corrected chi connectivity index (χ1v) is 8.79. The molecule has 0 aliphatic heterocycles. The van der Waals surface area contributed by atoms with Gasteiger partial charge >= 0.3 is 6.18 Å². The van der Waals surface area contributed by atoms with Gasteiger partial charge in [0, 0.05) is 18.2 Å². The maximum Gasteiger partial charge on any atom is 0.419 e. The van der Waals surface area contributed by atoms with E-state index in [0.717, 1.165) is 17.7 Å². The fraction of sp³-hybridized carbons (Fsp3) is 0.263. The van der Waals surface area contributed by atoms with Crippen molar-refractivity contribution < 1.29 is 27.2 Å². The SMILES string of the molecule is CON=C(C)c1ccc(C(F)(F)F)c(F)c1.CON=CCc1ccc(Cl)c(Cl)c1. The van der Waals surface area contributed by atoms with Crippen molar-refractivity contribution in [2.24, 2.45) is 10.3 Å². The fourth-order valence-electron chi connectivity index (χ4n) is 2.04.